The van der Waals surface area contributed by atoms with Crippen LogP contribution in [0.3, 0.4) is 0 Å². The fraction of sp³-hybridized carbons (Fsp3) is 0.545. The van der Waals surface area contributed by atoms with Crippen molar-refractivity contribution < 1.29 is 9.90 Å². The predicted molar refractivity (Wildman–Crippen MR) is 66.5 cm³/mol. The maximum atomic E-state index is 11.2. The Hall–Kier alpha value is -0.740. The lowest BCUT2D eigenvalue weighted by Crippen LogP contribution is -2.46. The van der Waals surface area contributed by atoms with Crippen molar-refractivity contribution in [1.82, 2.24) is 0 Å². The molecule has 1 fully saturated rings. The van der Waals surface area contributed by atoms with E-state index in [1.165, 1.54) is 11.3 Å². The fourth-order valence-electron chi connectivity index (χ4n) is 2.08. The molecule has 0 spiro atoms. The smallest absolute Gasteiger partial charge is 0.311 e. The number of carbonyl (C=O) groups is 1. The summed E-state index contributed by atoms with van der Waals surface area (Å²) in [4.78, 5) is 13.2. The second-order valence-corrected chi connectivity index (χ2v) is 6.07. The van der Waals surface area contributed by atoms with Crippen molar-refractivity contribution in [2.24, 2.45) is 5.41 Å². The van der Waals surface area contributed by atoms with Crippen molar-refractivity contribution in [2.75, 3.05) is 18.5 Å². The monoisotopic (exact) mass is 259 g/mol. The average Bonchev–Trinajstić information content (AvgIpc) is 2.57. The summed E-state index contributed by atoms with van der Waals surface area (Å²) in [5.41, 5.74) is -0.536. The molecule has 1 aromatic heterocycles. The van der Waals surface area contributed by atoms with Gasteiger partial charge < -0.3 is 10.0 Å². The molecule has 0 radical (unpaired) electrons. The van der Waals surface area contributed by atoms with Gasteiger partial charge in [-0.05, 0) is 25.0 Å². The van der Waals surface area contributed by atoms with Crippen LogP contribution < -0.4 is 4.90 Å². The van der Waals surface area contributed by atoms with Gasteiger partial charge in [-0.2, -0.15) is 0 Å². The minimum atomic E-state index is -0.673. The molecule has 1 heterocycles. The molecule has 0 saturated heterocycles. The Morgan fingerprint density at radius 2 is 2.31 bits per heavy atom. The third-order valence-corrected chi connectivity index (χ3v) is 4.58. The van der Waals surface area contributed by atoms with Gasteiger partial charge in [0, 0.05) is 13.6 Å². The van der Waals surface area contributed by atoms with Gasteiger partial charge >= 0.3 is 5.97 Å². The highest BCUT2D eigenvalue weighted by Gasteiger charge is 2.45. The molecule has 0 aliphatic heterocycles. The number of carboxylic acid groups (broad SMARTS) is 1. The van der Waals surface area contributed by atoms with Crippen LogP contribution in [0, 0.1) is 5.41 Å². The minimum absolute atomic E-state index is 0.536. The highest BCUT2D eigenvalue weighted by atomic mass is 35.5. The van der Waals surface area contributed by atoms with E-state index in [4.69, 9.17) is 11.6 Å². The van der Waals surface area contributed by atoms with Gasteiger partial charge in [0.25, 0.3) is 0 Å². The van der Waals surface area contributed by atoms with Crippen molar-refractivity contribution in [2.45, 2.75) is 19.3 Å². The Morgan fingerprint density at radius 3 is 2.69 bits per heavy atom. The first-order valence-electron chi connectivity index (χ1n) is 5.23. The standard InChI is InChI=1S/C11H14ClNO2S/c1-13(9-4-3-8(12)16-9)7-11(10(14)15)5-2-6-11/h3-4H,2,5-7H2,1H3,(H,14,15). The van der Waals surface area contributed by atoms with Gasteiger partial charge in [0.15, 0.2) is 0 Å². The molecule has 1 saturated carbocycles. The Labute approximate surface area is 104 Å². The van der Waals surface area contributed by atoms with E-state index in [9.17, 15) is 9.90 Å². The van der Waals surface area contributed by atoms with Crippen molar-refractivity contribution in [3.8, 4) is 0 Å². The SMILES string of the molecule is CN(CC1(C(=O)O)CCC1)c1ccc(Cl)s1. The summed E-state index contributed by atoms with van der Waals surface area (Å²) in [5.74, 6) is -0.673. The highest BCUT2D eigenvalue weighted by Crippen LogP contribution is 2.43. The van der Waals surface area contributed by atoms with Crippen LogP contribution in [0.5, 0.6) is 0 Å². The largest absolute Gasteiger partial charge is 0.481 e. The van der Waals surface area contributed by atoms with Crippen molar-refractivity contribution >= 4 is 33.9 Å². The molecular weight excluding hydrogens is 246 g/mol. The molecule has 16 heavy (non-hydrogen) atoms. The van der Waals surface area contributed by atoms with E-state index in [0.29, 0.717) is 6.54 Å². The number of hydrogen-bond acceptors (Lipinski definition) is 3. The molecule has 0 aromatic carbocycles. The van der Waals surface area contributed by atoms with Gasteiger partial charge in [-0.25, -0.2) is 0 Å². The Bertz CT molecular complexity index is 400. The predicted octanol–water partition coefficient (Wildman–Crippen LogP) is 3.09. The molecule has 1 aromatic rings. The second kappa shape index (κ2) is 4.26. The lowest BCUT2D eigenvalue weighted by molar-refractivity contribution is -0.153. The number of carboxylic acids is 1. The number of halogens is 1. The Kier molecular flexibility index (Phi) is 3.13. The molecule has 0 bridgehead atoms. The zero-order valence-corrected chi connectivity index (χ0v) is 10.6. The van der Waals surface area contributed by atoms with Crippen LogP contribution in [0.25, 0.3) is 0 Å². The van der Waals surface area contributed by atoms with E-state index in [0.717, 1.165) is 28.6 Å². The summed E-state index contributed by atoms with van der Waals surface area (Å²) in [5, 5.41) is 10.3. The van der Waals surface area contributed by atoms with E-state index in [2.05, 4.69) is 0 Å². The molecule has 5 heteroatoms. The number of thiophene rings is 1. The van der Waals surface area contributed by atoms with E-state index in [1.807, 2.05) is 24.1 Å². The number of aliphatic carboxylic acids is 1. The first-order valence-corrected chi connectivity index (χ1v) is 6.43. The summed E-state index contributed by atoms with van der Waals surface area (Å²) >= 11 is 7.34. The Morgan fingerprint density at radius 1 is 1.62 bits per heavy atom. The van der Waals surface area contributed by atoms with Crippen molar-refractivity contribution in [3.05, 3.63) is 16.5 Å². The van der Waals surface area contributed by atoms with Gasteiger partial charge in [-0.1, -0.05) is 18.0 Å². The Balaban J connectivity index is 2.06. The van der Waals surface area contributed by atoms with Gasteiger partial charge in [-0.3, -0.25) is 4.79 Å². The molecule has 0 unspecified atom stereocenters. The van der Waals surface area contributed by atoms with E-state index >= 15 is 0 Å². The third-order valence-electron chi connectivity index (χ3n) is 3.24. The molecule has 1 N–H and O–H groups in total. The molecule has 0 atom stereocenters. The first kappa shape index (κ1) is 11.7. The summed E-state index contributed by atoms with van der Waals surface area (Å²) in [7, 11) is 1.92. The number of rotatable bonds is 4. The van der Waals surface area contributed by atoms with Crippen LogP contribution >= 0.6 is 22.9 Å². The molecular formula is C11H14ClNO2S. The van der Waals surface area contributed by atoms with Gasteiger partial charge in [0.1, 0.15) is 0 Å². The maximum Gasteiger partial charge on any atom is 0.311 e. The van der Waals surface area contributed by atoms with Crippen LogP contribution in [-0.2, 0) is 4.79 Å². The number of hydrogen-bond donors (Lipinski definition) is 1. The normalized spacial score (nSPS) is 17.9. The lowest BCUT2D eigenvalue weighted by Gasteiger charge is -2.40. The van der Waals surface area contributed by atoms with Gasteiger partial charge in [0.2, 0.25) is 0 Å². The molecule has 88 valence electrons. The van der Waals surface area contributed by atoms with E-state index in [-0.39, 0.29) is 0 Å². The van der Waals surface area contributed by atoms with Crippen LogP contribution in [0.1, 0.15) is 19.3 Å². The maximum absolute atomic E-state index is 11.2. The van der Waals surface area contributed by atoms with Crippen molar-refractivity contribution in [1.29, 1.82) is 0 Å². The summed E-state index contributed by atoms with van der Waals surface area (Å²) in [6.45, 7) is 0.569. The van der Waals surface area contributed by atoms with Gasteiger partial charge in [0.05, 0.1) is 14.8 Å². The average molecular weight is 260 g/mol. The lowest BCUT2D eigenvalue weighted by atomic mass is 9.68. The molecule has 2 rings (SSSR count). The van der Waals surface area contributed by atoms with Crippen LogP contribution in [0.4, 0.5) is 5.00 Å². The summed E-state index contributed by atoms with van der Waals surface area (Å²) < 4.78 is 0.736. The highest BCUT2D eigenvalue weighted by molar-refractivity contribution is 7.19. The van der Waals surface area contributed by atoms with Crippen LogP contribution in [0.2, 0.25) is 4.34 Å². The van der Waals surface area contributed by atoms with Gasteiger partial charge in [-0.15, -0.1) is 11.3 Å². The number of anilines is 1. The van der Waals surface area contributed by atoms with Crippen LogP contribution in [0.15, 0.2) is 12.1 Å². The third kappa shape index (κ3) is 2.04. The first-order chi connectivity index (χ1) is 7.53. The molecule has 0 amide bonds. The molecule has 1 aliphatic carbocycles. The van der Waals surface area contributed by atoms with Crippen LogP contribution in [-0.4, -0.2) is 24.7 Å². The molecule has 1 aliphatic rings. The zero-order valence-electron chi connectivity index (χ0n) is 9.07. The number of nitrogens with zero attached hydrogens (tertiary/aromatic N) is 1. The fourth-order valence-corrected chi connectivity index (χ4v) is 3.08. The van der Waals surface area contributed by atoms with Crippen molar-refractivity contribution in [3.63, 3.8) is 0 Å². The summed E-state index contributed by atoms with van der Waals surface area (Å²) in [6, 6.07) is 3.77. The quantitative estimate of drug-likeness (QED) is 0.903. The van der Waals surface area contributed by atoms with E-state index in [1.54, 1.807) is 0 Å². The zero-order chi connectivity index (χ0) is 11.8. The minimum Gasteiger partial charge on any atom is -0.481 e. The molecule has 3 nitrogen and oxygen atoms in total. The summed E-state index contributed by atoms with van der Waals surface area (Å²) in [6.07, 6.45) is 2.59. The van der Waals surface area contributed by atoms with E-state index < -0.39 is 11.4 Å². The second-order valence-electron chi connectivity index (χ2n) is 4.37. The topological polar surface area (TPSA) is 40.5 Å².